The third kappa shape index (κ3) is 8.90. The van der Waals surface area contributed by atoms with Crippen molar-refractivity contribution < 1.29 is 0 Å². The molecule has 0 aliphatic heterocycles. The minimum Gasteiger partial charge on any atom is -0.316 e. The number of nitrogens with zero attached hydrogens (tertiary/aromatic N) is 1. The van der Waals surface area contributed by atoms with Gasteiger partial charge >= 0.3 is 0 Å². The number of nitrogens with one attached hydrogen (secondary N) is 1. The first-order valence-electron chi connectivity index (χ1n) is 8.53. The summed E-state index contributed by atoms with van der Waals surface area (Å²) >= 11 is 0. The number of unbranched alkanes of at least 4 members (excludes halogenated alkanes) is 3. The molecule has 0 aliphatic carbocycles. The minimum atomic E-state index is 0.764. The van der Waals surface area contributed by atoms with Gasteiger partial charge < -0.3 is 10.2 Å². The summed E-state index contributed by atoms with van der Waals surface area (Å²) in [7, 11) is 2.23. The molecule has 1 aromatic carbocycles. The van der Waals surface area contributed by atoms with Gasteiger partial charge in [-0.25, -0.2) is 0 Å². The Labute approximate surface area is 131 Å². The van der Waals surface area contributed by atoms with Crippen LogP contribution in [0.1, 0.15) is 50.7 Å². The molecular formula is C19H34N2. The van der Waals surface area contributed by atoms with Crippen molar-refractivity contribution in [3.8, 4) is 0 Å². The summed E-state index contributed by atoms with van der Waals surface area (Å²) < 4.78 is 0. The van der Waals surface area contributed by atoms with Gasteiger partial charge in [-0.05, 0) is 63.5 Å². The summed E-state index contributed by atoms with van der Waals surface area (Å²) in [5.41, 5.74) is 2.86. The van der Waals surface area contributed by atoms with Crippen LogP contribution in [0, 0.1) is 12.8 Å². The summed E-state index contributed by atoms with van der Waals surface area (Å²) in [5.74, 6) is 0.764. The van der Waals surface area contributed by atoms with Crippen LogP contribution in [0.15, 0.2) is 24.3 Å². The predicted molar refractivity (Wildman–Crippen MR) is 93.7 cm³/mol. The second kappa shape index (κ2) is 10.8. The smallest absolute Gasteiger partial charge is 0.0233 e. The maximum absolute atomic E-state index is 3.51. The van der Waals surface area contributed by atoms with E-state index in [0.29, 0.717) is 0 Å². The molecule has 120 valence electrons. The van der Waals surface area contributed by atoms with Gasteiger partial charge in [0, 0.05) is 6.54 Å². The topological polar surface area (TPSA) is 15.3 Å². The number of aryl methyl sites for hydroxylation is 1. The van der Waals surface area contributed by atoms with Crippen molar-refractivity contribution in [1.82, 2.24) is 10.2 Å². The third-order valence-corrected chi connectivity index (χ3v) is 3.90. The Morgan fingerprint density at radius 3 is 2.48 bits per heavy atom. The fourth-order valence-electron chi connectivity index (χ4n) is 2.53. The van der Waals surface area contributed by atoms with Gasteiger partial charge in [-0.1, -0.05) is 51.0 Å². The van der Waals surface area contributed by atoms with Crippen molar-refractivity contribution in [2.45, 2.75) is 53.0 Å². The highest BCUT2D eigenvalue weighted by molar-refractivity contribution is 5.25. The van der Waals surface area contributed by atoms with Crippen LogP contribution in [0.25, 0.3) is 0 Å². The lowest BCUT2D eigenvalue weighted by molar-refractivity contribution is 0.316. The Balaban J connectivity index is 2.01. The summed E-state index contributed by atoms with van der Waals surface area (Å²) in [6.45, 7) is 11.3. The zero-order valence-electron chi connectivity index (χ0n) is 14.5. The zero-order valence-corrected chi connectivity index (χ0v) is 14.5. The largest absolute Gasteiger partial charge is 0.316 e. The molecule has 0 heterocycles. The van der Waals surface area contributed by atoms with Gasteiger partial charge in [0.25, 0.3) is 0 Å². The average molecular weight is 290 g/mol. The molecule has 2 nitrogen and oxygen atoms in total. The molecular weight excluding hydrogens is 256 g/mol. The maximum Gasteiger partial charge on any atom is 0.0233 e. The van der Waals surface area contributed by atoms with Crippen molar-refractivity contribution in [2.75, 3.05) is 26.7 Å². The number of hydrogen-bond donors (Lipinski definition) is 1. The Hall–Kier alpha value is -0.860. The first kappa shape index (κ1) is 18.2. The van der Waals surface area contributed by atoms with Crippen LogP contribution in [0.5, 0.6) is 0 Å². The summed E-state index contributed by atoms with van der Waals surface area (Å²) in [5, 5.41) is 3.51. The number of hydrogen-bond acceptors (Lipinski definition) is 2. The van der Waals surface area contributed by atoms with Crippen LogP contribution >= 0.6 is 0 Å². The molecule has 21 heavy (non-hydrogen) atoms. The molecule has 2 heteroatoms. The molecule has 0 aromatic heterocycles. The molecule has 0 bridgehead atoms. The molecule has 0 unspecified atom stereocenters. The highest BCUT2D eigenvalue weighted by Crippen LogP contribution is 2.10. The van der Waals surface area contributed by atoms with Crippen LogP contribution < -0.4 is 5.32 Å². The van der Waals surface area contributed by atoms with Gasteiger partial charge in [-0.3, -0.25) is 0 Å². The molecule has 0 fully saturated rings. The maximum atomic E-state index is 3.51. The van der Waals surface area contributed by atoms with E-state index in [9.17, 15) is 0 Å². The molecule has 1 aromatic rings. The normalized spacial score (nSPS) is 11.5. The van der Waals surface area contributed by atoms with Crippen LogP contribution in [-0.4, -0.2) is 31.6 Å². The Morgan fingerprint density at radius 1 is 1.05 bits per heavy atom. The van der Waals surface area contributed by atoms with E-state index in [-0.39, 0.29) is 0 Å². The first-order chi connectivity index (χ1) is 10.1. The van der Waals surface area contributed by atoms with E-state index >= 15 is 0 Å². The standard InChI is InChI=1S/C19H34N2/c1-17(2)15-20-13-9-5-6-10-14-21(4)16-19-12-8-7-11-18(19)3/h7-8,11-12,17,20H,5-6,9-10,13-16H2,1-4H3. The van der Waals surface area contributed by atoms with Gasteiger partial charge in [-0.2, -0.15) is 0 Å². The van der Waals surface area contributed by atoms with E-state index in [4.69, 9.17) is 0 Å². The first-order valence-corrected chi connectivity index (χ1v) is 8.53. The van der Waals surface area contributed by atoms with Gasteiger partial charge in [0.15, 0.2) is 0 Å². The van der Waals surface area contributed by atoms with Crippen LogP contribution in [0.4, 0.5) is 0 Å². The fourth-order valence-corrected chi connectivity index (χ4v) is 2.53. The van der Waals surface area contributed by atoms with E-state index in [2.05, 4.69) is 62.3 Å². The highest BCUT2D eigenvalue weighted by atomic mass is 15.1. The molecule has 0 radical (unpaired) electrons. The quantitative estimate of drug-likeness (QED) is 0.613. The lowest BCUT2D eigenvalue weighted by atomic mass is 10.1. The van der Waals surface area contributed by atoms with E-state index < -0.39 is 0 Å². The molecule has 0 saturated carbocycles. The van der Waals surface area contributed by atoms with Gasteiger partial charge in [0.2, 0.25) is 0 Å². The minimum absolute atomic E-state index is 0.764. The highest BCUT2D eigenvalue weighted by Gasteiger charge is 2.02. The Morgan fingerprint density at radius 2 is 1.76 bits per heavy atom. The second-order valence-corrected chi connectivity index (χ2v) is 6.68. The summed E-state index contributed by atoms with van der Waals surface area (Å²) in [6, 6.07) is 8.70. The number of benzene rings is 1. The molecule has 1 N–H and O–H groups in total. The molecule has 0 saturated heterocycles. The van der Waals surface area contributed by atoms with Crippen molar-refractivity contribution in [1.29, 1.82) is 0 Å². The molecule has 0 spiro atoms. The van der Waals surface area contributed by atoms with Crippen molar-refractivity contribution in [3.63, 3.8) is 0 Å². The fraction of sp³-hybridized carbons (Fsp3) is 0.684. The molecule has 0 amide bonds. The van der Waals surface area contributed by atoms with Crippen LogP contribution in [-0.2, 0) is 6.54 Å². The zero-order chi connectivity index (χ0) is 15.5. The van der Waals surface area contributed by atoms with Crippen LogP contribution in [0.3, 0.4) is 0 Å². The van der Waals surface area contributed by atoms with Crippen molar-refractivity contribution in [3.05, 3.63) is 35.4 Å². The lowest BCUT2D eigenvalue weighted by Crippen LogP contribution is -2.21. The van der Waals surface area contributed by atoms with E-state index in [0.717, 1.165) is 19.0 Å². The summed E-state index contributed by atoms with van der Waals surface area (Å²) in [6.07, 6.45) is 5.32. The summed E-state index contributed by atoms with van der Waals surface area (Å²) in [4.78, 5) is 2.44. The van der Waals surface area contributed by atoms with Gasteiger partial charge in [-0.15, -0.1) is 0 Å². The van der Waals surface area contributed by atoms with E-state index in [1.54, 1.807) is 0 Å². The van der Waals surface area contributed by atoms with E-state index in [1.165, 1.54) is 49.9 Å². The SMILES string of the molecule is Cc1ccccc1CN(C)CCCCCCNCC(C)C. The Kier molecular flexibility index (Phi) is 9.36. The molecule has 0 aliphatic rings. The lowest BCUT2D eigenvalue weighted by Gasteiger charge is -2.18. The second-order valence-electron chi connectivity index (χ2n) is 6.68. The predicted octanol–water partition coefficient (Wildman–Crippen LogP) is 4.23. The van der Waals surface area contributed by atoms with Crippen LogP contribution in [0.2, 0.25) is 0 Å². The average Bonchev–Trinajstić information content (AvgIpc) is 2.44. The van der Waals surface area contributed by atoms with Gasteiger partial charge in [0.1, 0.15) is 0 Å². The molecule has 1 rings (SSSR count). The number of rotatable bonds is 11. The third-order valence-electron chi connectivity index (χ3n) is 3.90. The molecule has 0 atom stereocenters. The van der Waals surface area contributed by atoms with E-state index in [1.807, 2.05) is 0 Å². The Bertz CT molecular complexity index is 374. The van der Waals surface area contributed by atoms with Crippen molar-refractivity contribution >= 4 is 0 Å². The van der Waals surface area contributed by atoms with Gasteiger partial charge in [0.05, 0.1) is 0 Å². The van der Waals surface area contributed by atoms with Crippen molar-refractivity contribution in [2.24, 2.45) is 5.92 Å². The monoisotopic (exact) mass is 290 g/mol.